The van der Waals surface area contributed by atoms with Crippen molar-refractivity contribution < 1.29 is 24.5 Å². The van der Waals surface area contributed by atoms with Crippen molar-refractivity contribution in [2.24, 2.45) is 0 Å². The molecule has 2 N–H and O–H groups in total. The van der Waals surface area contributed by atoms with Crippen molar-refractivity contribution in [1.29, 1.82) is 0 Å². The Kier molecular flexibility index (Phi) is 5.54. The zero-order chi connectivity index (χ0) is 14.4. The van der Waals surface area contributed by atoms with E-state index in [1.54, 1.807) is 17.5 Å². The lowest BCUT2D eigenvalue weighted by Gasteiger charge is -2.24. The van der Waals surface area contributed by atoms with E-state index in [-0.39, 0.29) is 12.7 Å². The van der Waals surface area contributed by atoms with Gasteiger partial charge in [-0.3, -0.25) is 0 Å². The van der Waals surface area contributed by atoms with Crippen LogP contribution in [-0.4, -0.2) is 35.7 Å². The van der Waals surface area contributed by atoms with Gasteiger partial charge in [-0.05, 0) is 43.6 Å². The highest BCUT2D eigenvalue weighted by Gasteiger charge is 2.38. The summed E-state index contributed by atoms with van der Waals surface area (Å²) in [6.45, 7) is 1.12. The summed E-state index contributed by atoms with van der Waals surface area (Å²) in [5.41, 5.74) is -1.81. The first-order valence-electron chi connectivity index (χ1n) is 6.86. The number of thiophene rings is 1. The van der Waals surface area contributed by atoms with Gasteiger partial charge in [-0.1, -0.05) is 6.07 Å². The van der Waals surface area contributed by atoms with Crippen molar-refractivity contribution in [3.63, 3.8) is 0 Å². The van der Waals surface area contributed by atoms with Gasteiger partial charge >= 0.3 is 5.97 Å². The maximum atomic E-state index is 11.3. The van der Waals surface area contributed by atoms with E-state index in [9.17, 15) is 15.0 Å². The molecule has 0 aliphatic carbocycles. The van der Waals surface area contributed by atoms with E-state index < -0.39 is 11.6 Å². The Morgan fingerprint density at radius 1 is 1.55 bits per heavy atom. The maximum absolute atomic E-state index is 11.3. The molecule has 2 heterocycles. The fourth-order valence-electron chi connectivity index (χ4n) is 2.23. The van der Waals surface area contributed by atoms with Crippen molar-refractivity contribution in [3.05, 3.63) is 22.4 Å². The predicted octanol–water partition coefficient (Wildman–Crippen LogP) is 2.34. The Balaban J connectivity index is 1.79. The molecule has 1 aliphatic heterocycles. The first-order valence-corrected chi connectivity index (χ1v) is 7.74. The molecule has 1 saturated heterocycles. The van der Waals surface area contributed by atoms with Crippen LogP contribution >= 0.6 is 11.3 Å². The summed E-state index contributed by atoms with van der Waals surface area (Å²) in [6, 6.07) is 3.38. The third-order valence-corrected chi connectivity index (χ3v) is 4.43. The van der Waals surface area contributed by atoms with Gasteiger partial charge < -0.3 is 19.7 Å². The van der Waals surface area contributed by atoms with E-state index in [4.69, 9.17) is 9.47 Å². The Bertz CT molecular complexity index is 413. The van der Waals surface area contributed by atoms with Gasteiger partial charge in [0.2, 0.25) is 0 Å². The molecule has 2 rings (SSSR count). The zero-order valence-corrected chi connectivity index (χ0v) is 12.1. The molecule has 1 aliphatic rings. The number of aliphatic hydroxyl groups is 1. The number of carboxylic acid groups (broad SMARTS) is 1. The van der Waals surface area contributed by atoms with Gasteiger partial charge in [0.05, 0.1) is 0 Å². The molecule has 20 heavy (non-hydrogen) atoms. The molecule has 2 unspecified atom stereocenters. The number of hydrogen-bond acceptors (Lipinski definition) is 5. The minimum atomic E-state index is -1.81. The second kappa shape index (κ2) is 7.17. The fraction of sp³-hybridized carbons (Fsp3) is 0.643. The smallest absolute Gasteiger partial charge is 0.341 e. The van der Waals surface area contributed by atoms with E-state index >= 15 is 0 Å². The molecule has 0 saturated carbocycles. The number of rotatable bonds is 7. The molecule has 6 heteroatoms. The van der Waals surface area contributed by atoms with Crippen LogP contribution in [-0.2, 0) is 19.9 Å². The Morgan fingerprint density at radius 3 is 3.00 bits per heavy atom. The lowest BCUT2D eigenvalue weighted by Crippen LogP contribution is -2.35. The topological polar surface area (TPSA) is 76.0 Å². The van der Waals surface area contributed by atoms with Crippen LogP contribution < -0.4 is 0 Å². The lowest BCUT2D eigenvalue weighted by atomic mass is 9.96. The highest BCUT2D eigenvalue weighted by Crippen LogP contribution is 2.30. The molecule has 1 aromatic rings. The van der Waals surface area contributed by atoms with E-state index in [1.165, 1.54) is 11.3 Å². The molecule has 1 fully saturated rings. The molecule has 1 aromatic heterocycles. The third-order valence-electron chi connectivity index (χ3n) is 3.41. The Labute approximate surface area is 122 Å². The van der Waals surface area contributed by atoms with Crippen LogP contribution in [0.15, 0.2) is 17.5 Å². The van der Waals surface area contributed by atoms with Crippen LogP contribution in [0.25, 0.3) is 0 Å². The van der Waals surface area contributed by atoms with Gasteiger partial charge in [-0.25, -0.2) is 4.79 Å². The van der Waals surface area contributed by atoms with Crippen molar-refractivity contribution in [2.45, 2.75) is 44.0 Å². The number of ether oxygens (including phenoxy) is 2. The van der Waals surface area contributed by atoms with E-state index in [2.05, 4.69) is 0 Å². The number of carbonyl (C=O) groups is 1. The van der Waals surface area contributed by atoms with Crippen LogP contribution in [0.2, 0.25) is 0 Å². The molecule has 2 atom stereocenters. The number of carboxylic acids is 1. The monoisotopic (exact) mass is 300 g/mol. The molecular weight excluding hydrogens is 280 g/mol. The third kappa shape index (κ3) is 3.79. The van der Waals surface area contributed by atoms with Gasteiger partial charge in [0.25, 0.3) is 0 Å². The van der Waals surface area contributed by atoms with Crippen LogP contribution in [0, 0.1) is 0 Å². The molecular formula is C14H20O5S. The summed E-state index contributed by atoms with van der Waals surface area (Å²) in [6.07, 6.45) is 3.48. The first kappa shape index (κ1) is 15.4. The summed E-state index contributed by atoms with van der Waals surface area (Å²) < 4.78 is 11.0. The fourth-order valence-corrected chi connectivity index (χ4v) is 3.08. The van der Waals surface area contributed by atoms with E-state index in [0.29, 0.717) is 17.9 Å². The van der Waals surface area contributed by atoms with E-state index in [0.717, 1.165) is 25.9 Å². The predicted molar refractivity (Wildman–Crippen MR) is 74.6 cm³/mol. The standard InChI is InChI=1S/C14H20O5S/c15-13(16)14(17,11-5-3-10-20-11)7-4-9-19-12-6-1-2-8-18-12/h3,5,10,12,17H,1-2,4,6-9H2,(H,15,16). The number of aliphatic carboxylic acids is 1. The van der Waals surface area contributed by atoms with Crippen molar-refractivity contribution >= 4 is 17.3 Å². The summed E-state index contributed by atoms with van der Waals surface area (Å²) in [5.74, 6) is -1.21. The van der Waals surface area contributed by atoms with Crippen molar-refractivity contribution in [2.75, 3.05) is 13.2 Å². The van der Waals surface area contributed by atoms with Gasteiger partial charge in [-0.2, -0.15) is 0 Å². The van der Waals surface area contributed by atoms with Gasteiger partial charge in [0, 0.05) is 18.1 Å². The minimum Gasteiger partial charge on any atom is -0.479 e. The first-order chi connectivity index (χ1) is 9.63. The van der Waals surface area contributed by atoms with Gasteiger partial charge in [-0.15, -0.1) is 11.3 Å². The lowest BCUT2D eigenvalue weighted by molar-refractivity contribution is -0.169. The normalized spacial score (nSPS) is 22.4. The SMILES string of the molecule is O=C(O)C(O)(CCCOC1CCCCO1)c1cccs1. The van der Waals surface area contributed by atoms with Crippen LogP contribution in [0.3, 0.4) is 0 Å². The summed E-state index contributed by atoms with van der Waals surface area (Å²) in [7, 11) is 0. The minimum absolute atomic E-state index is 0.134. The van der Waals surface area contributed by atoms with Crippen LogP contribution in [0.1, 0.15) is 37.0 Å². The second-order valence-electron chi connectivity index (χ2n) is 4.91. The molecule has 5 nitrogen and oxygen atoms in total. The highest BCUT2D eigenvalue weighted by molar-refractivity contribution is 7.10. The Morgan fingerprint density at radius 2 is 2.40 bits per heavy atom. The largest absolute Gasteiger partial charge is 0.479 e. The second-order valence-corrected chi connectivity index (χ2v) is 5.86. The van der Waals surface area contributed by atoms with Gasteiger partial charge in [0.15, 0.2) is 11.9 Å². The molecule has 112 valence electrons. The summed E-state index contributed by atoms with van der Waals surface area (Å²) in [4.78, 5) is 11.8. The van der Waals surface area contributed by atoms with Crippen molar-refractivity contribution in [3.8, 4) is 0 Å². The maximum Gasteiger partial charge on any atom is 0.341 e. The van der Waals surface area contributed by atoms with Crippen molar-refractivity contribution in [1.82, 2.24) is 0 Å². The molecule has 0 bridgehead atoms. The summed E-state index contributed by atoms with van der Waals surface area (Å²) in [5, 5.41) is 21.3. The quantitative estimate of drug-likeness (QED) is 0.756. The average molecular weight is 300 g/mol. The van der Waals surface area contributed by atoms with Gasteiger partial charge in [0.1, 0.15) is 0 Å². The average Bonchev–Trinajstić information content (AvgIpc) is 2.99. The highest BCUT2D eigenvalue weighted by atomic mass is 32.1. The summed E-state index contributed by atoms with van der Waals surface area (Å²) >= 11 is 1.25. The molecule has 0 aromatic carbocycles. The van der Waals surface area contributed by atoms with Crippen LogP contribution in [0.4, 0.5) is 0 Å². The molecule has 0 spiro atoms. The zero-order valence-electron chi connectivity index (χ0n) is 11.3. The molecule has 0 amide bonds. The molecule has 0 radical (unpaired) electrons. The Hall–Kier alpha value is -0.950. The van der Waals surface area contributed by atoms with E-state index in [1.807, 2.05) is 0 Å². The van der Waals surface area contributed by atoms with Crippen LogP contribution in [0.5, 0.6) is 0 Å². The number of hydrogen-bond donors (Lipinski definition) is 2.